The van der Waals surface area contributed by atoms with Gasteiger partial charge in [-0.3, -0.25) is 0 Å². The Hall–Kier alpha value is -2.65. The fourth-order valence-corrected chi connectivity index (χ4v) is 1.85. The number of benzene rings is 1. The minimum atomic E-state index is -2.38. The zero-order chi connectivity index (χ0) is 20.0. The van der Waals surface area contributed by atoms with E-state index in [4.69, 9.17) is 0 Å². The third-order valence-electron chi connectivity index (χ3n) is 2.99. The van der Waals surface area contributed by atoms with Gasteiger partial charge in [-0.1, -0.05) is 26.5 Å². The molecule has 0 saturated heterocycles. The number of carbonyl (C=O) groups excluding carboxylic acids is 2. The van der Waals surface area contributed by atoms with Gasteiger partial charge in [0.25, 0.3) is 0 Å². The Morgan fingerprint density at radius 2 is 1.54 bits per heavy atom. The second-order valence-electron chi connectivity index (χ2n) is 5.53. The van der Waals surface area contributed by atoms with Gasteiger partial charge in [-0.15, -0.1) is 0 Å². The Balaban J connectivity index is 3.07. The highest BCUT2D eigenvalue weighted by Crippen LogP contribution is 2.29. The Bertz CT molecular complexity index is 679. The van der Waals surface area contributed by atoms with Crippen LogP contribution in [0.2, 0.25) is 0 Å². The van der Waals surface area contributed by atoms with Gasteiger partial charge in [0.05, 0.1) is 0 Å². The summed E-state index contributed by atoms with van der Waals surface area (Å²) < 4.78 is 75.5. The molecular weight excluding hydrogens is 365 g/mol. The number of hydrogen-bond acceptors (Lipinski definition) is 4. The number of rotatable bonds is 7. The highest BCUT2D eigenvalue weighted by Gasteiger charge is 2.31. The van der Waals surface area contributed by atoms with Crippen LogP contribution in [0.4, 0.5) is 26.7 Å². The molecule has 0 unspecified atom stereocenters. The van der Waals surface area contributed by atoms with Gasteiger partial charge in [0.2, 0.25) is 34.8 Å². The summed E-state index contributed by atoms with van der Waals surface area (Å²) in [6.07, 6.45) is 0.159. The first-order chi connectivity index (χ1) is 12.1. The maximum absolute atomic E-state index is 13.6. The van der Waals surface area contributed by atoms with Crippen molar-refractivity contribution in [3.63, 3.8) is 0 Å². The smallest absolute Gasteiger partial charge is 0.408 e. The minimum absolute atomic E-state index is 0.0442. The van der Waals surface area contributed by atoms with Gasteiger partial charge in [-0.2, -0.15) is 8.78 Å². The van der Waals surface area contributed by atoms with Crippen LogP contribution in [0.1, 0.15) is 20.3 Å². The lowest BCUT2D eigenvalue weighted by Crippen LogP contribution is -2.44. The summed E-state index contributed by atoms with van der Waals surface area (Å²) in [4.78, 5) is 23.6. The second-order valence-corrected chi connectivity index (χ2v) is 5.53. The van der Waals surface area contributed by atoms with Crippen LogP contribution in [-0.2, 0) is 9.53 Å². The van der Waals surface area contributed by atoms with Gasteiger partial charge in [0.1, 0.15) is 12.6 Å². The van der Waals surface area contributed by atoms with Crippen molar-refractivity contribution in [3.05, 3.63) is 41.7 Å². The van der Waals surface area contributed by atoms with Gasteiger partial charge in [-0.05, 0) is 12.3 Å². The summed E-state index contributed by atoms with van der Waals surface area (Å²) in [5.74, 6) is -14.9. The average molecular weight is 381 g/mol. The van der Waals surface area contributed by atoms with E-state index in [0.29, 0.717) is 0 Å². The van der Waals surface area contributed by atoms with Crippen LogP contribution in [-0.4, -0.2) is 24.7 Å². The predicted octanol–water partition coefficient (Wildman–Crippen LogP) is 3.61. The first-order valence-corrected chi connectivity index (χ1v) is 7.37. The zero-order valence-corrected chi connectivity index (χ0v) is 13.9. The van der Waals surface area contributed by atoms with Crippen molar-refractivity contribution in [2.24, 2.45) is 5.92 Å². The van der Waals surface area contributed by atoms with Crippen molar-refractivity contribution >= 4 is 12.1 Å². The number of halogens is 5. The van der Waals surface area contributed by atoms with Crippen molar-refractivity contribution in [2.45, 2.75) is 26.3 Å². The molecule has 1 aromatic rings. The molecule has 0 bridgehead atoms. The van der Waals surface area contributed by atoms with E-state index in [0.717, 1.165) is 0 Å². The number of amides is 1. The van der Waals surface area contributed by atoms with Crippen molar-refractivity contribution < 1.29 is 41.0 Å². The summed E-state index contributed by atoms with van der Waals surface area (Å²) >= 11 is 0. The van der Waals surface area contributed by atoms with Gasteiger partial charge < -0.3 is 14.8 Å². The number of esters is 1. The van der Waals surface area contributed by atoms with E-state index in [-0.39, 0.29) is 18.9 Å². The molecule has 0 fully saturated rings. The Morgan fingerprint density at radius 3 is 2.00 bits per heavy atom. The van der Waals surface area contributed by atoms with E-state index in [1.165, 1.54) is 6.08 Å². The average Bonchev–Trinajstić information content (AvgIpc) is 2.59. The third-order valence-corrected chi connectivity index (χ3v) is 2.99. The molecule has 144 valence electrons. The normalized spacial score (nSPS) is 11.8. The van der Waals surface area contributed by atoms with E-state index in [9.17, 15) is 31.5 Å². The van der Waals surface area contributed by atoms with E-state index >= 15 is 0 Å². The molecule has 1 rings (SSSR count). The minimum Gasteiger partial charge on any atom is -0.445 e. The van der Waals surface area contributed by atoms with Gasteiger partial charge in [0.15, 0.2) is 0 Å². The lowest BCUT2D eigenvalue weighted by Gasteiger charge is -2.19. The van der Waals surface area contributed by atoms with E-state index in [2.05, 4.69) is 21.4 Å². The molecule has 1 atom stereocenters. The molecule has 0 aliphatic heterocycles. The SMILES string of the molecule is C=CCOC(=O)N[C@H](CC(C)C)C(=O)Oc1c(F)c(F)c(F)c(F)c1F. The standard InChI is InChI=1S/C16H16F5NO4/c1-4-5-25-16(24)22-8(6-7(2)3)15(23)26-14-12(20)10(18)9(17)11(19)13(14)21/h4,7-8H,1,5-6H2,2-3H3,(H,22,24)/t8-/m1/s1. The number of carbonyl (C=O) groups is 2. The van der Waals surface area contributed by atoms with Crippen molar-refractivity contribution in [1.29, 1.82) is 0 Å². The summed E-state index contributed by atoms with van der Waals surface area (Å²) in [6, 6.07) is -1.44. The molecule has 0 aromatic heterocycles. The van der Waals surface area contributed by atoms with E-state index < -0.39 is 52.9 Å². The van der Waals surface area contributed by atoms with Crippen LogP contribution in [0.15, 0.2) is 12.7 Å². The molecule has 0 radical (unpaired) electrons. The molecule has 0 spiro atoms. The lowest BCUT2D eigenvalue weighted by atomic mass is 10.0. The van der Waals surface area contributed by atoms with Crippen LogP contribution in [0.25, 0.3) is 0 Å². The Morgan fingerprint density at radius 1 is 1.04 bits per heavy atom. The summed E-state index contributed by atoms with van der Waals surface area (Å²) in [5.41, 5.74) is 0. The maximum atomic E-state index is 13.6. The fraction of sp³-hybridized carbons (Fsp3) is 0.375. The number of ether oxygens (including phenoxy) is 2. The summed E-state index contributed by atoms with van der Waals surface area (Å²) in [7, 11) is 0. The molecule has 1 N–H and O–H groups in total. The first-order valence-electron chi connectivity index (χ1n) is 7.37. The van der Waals surface area contributed by atoms with Crippen molar-refractivity contribution in [2.75, 3.05) is 6.61 Å². The van der Waals surface area contributed by atoms with Crippen molar-refractivity contribution in [1.82, 2.24) is 5.32 Å². The molecule has 1 aromatic carbocycles. The molecule has 5 nitrogen and oxygen atoms in total. The number of alkyl carbamates (subject to hydrolysis) is 1. The van der Waals surface area contributed by atoms with Gasteiger partial charge in [0, 0.05) is 0 Å². The molecule has 26 heavy (non-hydrogen) atoms. The Kier molecular flexibility index (Phi) is 7.54. The highest BCUT2D eigenvalue weighted by atomic mass is 19.2. The maximum Gasteiger partial charge on any atom is 0.408 e. The summed E-state index contributed by atoms with van der Waals surface area (Å²) in [6.45, 7) is 6.46. The molecule has 0 aliphatic carbocycles. The third kappa shape index (κ3) is 5.17. The predicted molar refractivity (Wildman–Crippen MR) is 79.8 cm³/mol. The fourth-order valence-electron chi connectivity index (χ4n) is 1.85. The quantitative estimate of drug-likeness (QED) is 0.196. The number of nitrogens with one attached hydrogen (secondary N) is 1. The van der Waals surface area contributed by atoms with Crippen LogP contribution < -0.4 is 10.1 Å². The van der Waals surface area contributed by atoms with Gasteiger partial charge >= 0.3 is 12.1 Å². The monoisotopic (exact) mass is 381 g/mol. The van der Waals surface area contributed by atoms with E-state index in [1.807, 2.05) is 0 Å². The zero-order valence-electron chi connectivity index (χ0n) is 13.9. The molecule has 10 heteroatoms. The van der Waals surface area contributed by atoms with Crippen LogP contribution in [0.5, 0.6) is 5.75 Å². The second kappa shape index (κ2) is 9.16. The Labute approximate surface area is 145 Å². The highest BCUT2D eigenvalue weighted by molar-refractivity contribution is 5.83. The molecule has 1 amide bonds. The molecule has 0 heterocycles. The van der Waals surface area contributed by atoms with Crippen LogP contribution >= 0.6 is 0 Å². The topological polar surface area (TPSA) is 64.6 Å². The lowest BCUT2D eigenvalue weighted by molar-refractivity contribution is -0.137. The number of hydrogen-bond donors (Lipinski definition) is 1. The largest absolute Gasteiger partial charge is 0.445 e. The molecule has 0 saturated carbocycles. The van der Waals surface area contributed by atoms with Gasteiger partial charge in [-0.25, -0.2) is 22.8 Å². The van der Waals surface area contributed by atoms with Crippen LogP contribution in [0.3, 0.4) is 0 Å². The van der Waals surface area contributed by atoms with E-state index in [1.54, 1.807) is 13.8 Å². The first kappa shape index (κ1) is 21.4. The van der Waals surface area contributed by atoms with Crippen LogP contribution in [0, 0.1) is 35.0 Å². The molecular formula is C16H16F5NO4. The van der Waals surface area contributed by atoms with Crippen molar-refractivity contribution in [3.8, 4) is 5.75 Å². The molecule has 0 aliphatic rings. The summed E-state index contributed by atoms with van der Waals surface area (Å²) in [5, 5.41) is 2.09.